The molecule has 0 saturated carbocycles. The van der Waals surface area contributed by atoms with Gasteiger partial charge in [-0.1, -0.05) is 35.9 Å². The summed E-state index contributed by atoms with van der Waals surface area (Å²) in [6, 6.07) is 14.3. The number of methoxy groups -OCH3 is 1. The van der Waals surface area contributed by atoms with Crippen LogP contribution in [0.5, 0.6) is 5.75 Å². The van der Waals surface area contributed by atoms with Gasteiger partial charge in [-0.25, -0.2) is 0 Å². The van der Waals surface area contributed by atoms with Crippen molar-refractivity contribution in [3.8, 4) is 5.75 Å². The lowest BCUT2D eigenvalue weighted by Gasteiger charge is -2.19. The molecule has 0 unspecified atom stereocenters. The molecule has 1 aliphatic heterocycles. The number of para-hydroxylation sites is 2. The summed E-state index contributed by atoms with van der Waals surface area (Å²) >= 11 is 5.83. The lowest BCUT2D eigenvalue weighted by molar-refractivity contribution is -0.149. The molecule has 130 valence electrons. The van der Waals surface area contributed by atoms with Crippen LogP contribution >= 0.6 is 11.6 Å². The second kappa shape index (κ2) is 7.57. The highest BCUT2D eigenvalue weighted by atomic mass is 35.5. The molecule has 0 radical (unpaired) electrons. The fourth-order valence-electron chi connectivity index (χ4n) is 2.80. The van der Waals surface area contributed by atoms with Gasteiger partial charge < -0.3 is 14.4 Å². The molecule has 0 aliphatic carbocycles. The number of anilines is 1. The highest BCUT2D eigenvalue weighted by molar-refractivity contribution is 6.30. The Morgan fingerprint density at radius 3 is 2.64 bits per heavy atom. The topological polar surface area (TPSA) is 55.8 Å². The summed E-state index contributed by atoms with van der Waals surface area (Å²) in [4.78, 5) is 26.2. The number of halogens is 1. The van der Waals surface area contributed by atoms with Crippen molar-refractivity contribution in [1.82, 2.24) is 0 Å². The van der Waals surface area contributed by atoms with E-state index in [4.69, 9.17) is 21.1 Å². The molecule has 1 atom stereocenters. The predicted octanol–water partition coefficient (Wildman–Crippen LogP) is 3.44. The summed E-state index contributed by atoms with van der Waals surface area (Å²) in [6.45, 7) is 0.452. The zero-order chi connectivity index (χ0) is 17.8. The van der Waals surface area contributed by atoms with E-state index in [-0.39, 0.29) is 24.9 Å². The van der Waals surface area contributed by atoms with Crippen LogP contribution in [-0.4, -0.2) is 25.5 Å². The number of amides is 1. The van der Waals surface area contributed by atoms with Crippen molar-refractivity contribution >= 4 is 29.2 Å². The minimum Gasteiger partial charge on any atom is -0.495 e. The molecule has 1 heterocycles. The first-order chi connectivity index (χ1) is 12.1. The summed E-state index contributed by atoms with van der Waals surface area (Å²) in [5, 5.41) is 0.629. The van der Waals surface area contributed by atoms with Gasteiger partial charge in [-0.3, -0.25) is 9.59 Å². The first-order valence-electron chi connectivity index (χ1n) is 7.93. The van der Waals surface area contributed by atoms with Gasteiger partial charge in [0, 0.05) is 18.0 Å². The van der Waals surface area contributed by atoms with Gasteiger partial charge in [-0.05, 0) is 29.8 Å². The number of nitrogens with zero attached hydrogens (tertiary/aromatic N) is 1. The van der Waals surface area contributed by atoms with Crippen LogP contribution in [0.15, 0.2) is 48.5 Å². The van der Waals surface area contributed by atoms with E-state index in [0.29, 0.717) is 23.0 Å². The van der Waals surface area contributed by atoms with Crippen molar-refractivity contribution in [3.63, 3.8) is 0 Å². The SMILES string of the molecule is COc1ccccc1N1C[C@H](C(=O)OCc2ccc(Cl)cc2)CC1=O. The minimum absolute atomic E-state index is 0.113. The van der Waals surface area contributed by atoms with E-state index < -0.39 is 5.92 Å². The van der Waals surface area contributed by atoms with E-state index in [9.17, 15) is 9.59 Å². The van der Waals surface area contributed by atoms with Crippen LogP contribution < -0.4 is 9.64 Å². The summed E-state index contributed by atoms with van der Waals surface area (Å²) in [5.41, 5.74) is 1.52. The fraction of sp³-hybridized carbons (Fsp3) is 0.263. The third-order valence-corrected chi connectivity index (χ3v) is 4.38. The molecule has 1 amide bonds. The highest BCUT2D eigenvalue weighted by Crippen LogP contribution is 2.33. The Balaban J connectivity index is 1.63. The molecule has 0 aromatic heterocycles. The van der Waals surface area contributed by atoms with Crippen molar-refractivity contribution in [1.29, 1.82) is 0 Å². The third-order valence-electron chi connectivity index (χ3n) is 4.13. The maximum Gasteiger partial charge on any atom is 0.311 e. The summed E-state index contributed by atoms with van der Waals surface area (Å²) in [7, 11) is 1.55. The van der Waals surface area contributed by atoms with Crippen molar-refractivity contribution < 1.29 is 19.1 Å². The van der Waals surface area contributed by atoms with Crippen LogP contribution in [0.4, 0.5) is 5.69 Å². The smallest absolute Gasteiger partial charge is 0.311 e. The van der Waals surface area contributed by atoms with Crippen molar-refractivity contribution in [3.05, 3.63) is 59.1 Å². The maximum absolute atomic E-state index is 12.3. The molecule has 25 heavy (non-hydrogen) atoms. The molecular weight excluding hydrogens is 342 g/mol. The average molecular weight is 360 g/mol. The van der Waals surface area contributed by atoms with E-state index in [1.54, 1.807) is 48.4 Å². The van der Waals surface area contributed by atoms with Gasteiger partial charge in [0.1, 0.15) is 12.4 Å². The molecule has 2 aromatic carbocycles. The summed E-state index contributed by atoms with van der Waals surface area (Å²) in [6.07, 6.45) is 0.136. The fourth-order valence-corrected chi connectivity index (χ4v) is 2.93. The molecule has 2 aromatic rings. The van der Waals surface area contributed by atoms with E-state index in [0.717, 1.165) is 5.56 Å². The van der Waals surface area contributed by atoms with Crippen LogP contribution in [-0.2, 0) is 20.9 Å². The number of hydrogen-bond acceptors (Lipinski definition) is 4. The number of ether oxygens (including phenoxy) is 2. The number of hydrogen-bond donors (Lipinski definition) is 0. The van der Waals surface area contributed by atoms with E-state index in [1.807, 2.05) is 12.1 Å². The van der Waals surface area contributed by atoms with Crippen LogP contribution in [0.2, 0.25) is 5.02 Å². The van der Waals surface area contributed by atoms with Gasteiger partial charge in [0.15, 0.2) is 0 Å². The maximum atomic E-state index is 12.3. The van der Waals surface area contributed by atoms with Crippen molar-refractivity contribution in [2.75, 3.05) is 18.6 Å². The van der Waals surface area contributed by atoms with Gasteiger partial charge in [0.2, 0.25) is 5.91 Å². The predicted molar refractivity (Wildman–Crippen MR) is 94.7 cm³/mol. The van der Waals surface area contributed by atoms with Gasteiger partial charge in [0.25, 0.3) is 0 Å². The van der Waals surface area contributed by atoms with Gasteiger partial charge in [-0.2, -0.15) is 0 Å². The number of rotatable bonds is 5. The van der Waals surface area contributed by atoms with Gasteiger partial charge in [0.05, 0.1) is 18.7 Å². The Morgan fingerprint density at radius 2 is 1.92 bits per heavy atom. The molecule has 1 fully saturated rings. The van der Waals surface area contributed by atoms with Crippen LogP contribution in [0.1, 0.15) is 12.0 Å². The molecule has 0 bridgehead atoms. The molecular formula is C19H18ClNO4. The average Bonchev–Trinajstić information content (AvgIpc) is 3.02. The van der Waals surface area contributed by atoms with Crippen LogP contribution in [0, 0.1) is 5.92 Å². The Kier molecular flexibility index (Phi) is 5.24. The largest absolute Gasteiger partial charge is 0.495 e. The van der Waals surface area contributed by atoms with Gasteiger partial charge in [-0.15, -0.1) is 0 Å². The minimum atomic E-state index is -0.482. The first kappa shape index (κ1) is 17.3. The monoisotopic (exact) mass is 359 g/mol. The highest BCUT2D eigenvalue weighted by Gasteiger charge is 2.37. The first-order valence-corrected chi connectivity index (χ1v) is 8.30. The van der Waals surface area contributed by atoms with Crippen LogP contribution in [0.3, 0.4) is 0 Å². The zero-order valence-electron chi connectivity index (χ0n) is 13.8. The molecule has 1 aliphatic rings. The Labute approximate surface area is 151 Å². The van der Waals surface area contributed by atoms with Crippen molar-refractivity contribution in [2.24, 2.45) is 5.92 Å². The molecule has 0 N–H and O–H groups in total. The number of carbonyl (C=O) groups is 2. The van der Waals surface area contributed by atoms with E-state index in [2.05, 4.69) is 0 Å². The Morgan fingerprint density at radius 1 is 1.20 bits per heavy atom. The standard InChI is InChI=1S/C19H18ClNO4/c1-24-17-5-3-2-4-16(17)21-11-14(10-18(21)22)19(23)25-12-13-6-8-15(20)9-7-13/h2-9,14H,10-12H2,1H3/t14-/m1/s1. The third kappa shape index (κ3) is 3.94. The lowest BCUT2D eigenvalue weighted by Crippen LogP contribution is -2.26. The Bertz CT molecular complexity index is 775. The van der Waals surface area contributed by atoms with Gasteiger partial charge >= 0.3 is 5.97 Å². The van der Waals surface area contributed by atoms with E-state index >= 15 is 0 Å². The molecule has 3 rings (SSSR count). The lowest BCUT2D eigenvalue weighted by atomic mass is 10.1. The van der Waals surface area contributed by atoms with Crippen molar-refractivity contribution in [2.45, 2.75) is 13.0 Å². The molecule has 0 spiro atoms. The zero-order valence-corrected chi connectivity index (χ0v) is 14.5. The summed E-state index contributed by atoms with van der Waals surface area (Å²) < 4.78 is 10.6. The number of benzene rings is 2. The number of esters is 1. The molecule has 1 saturated heterocycles. The van der Waals surface area contributed by atoms with Crippen LogP contribution in [0.25, 0.3) is 0 Å². The number of carbonyl (C=O) groups excluding carboxylic acids is 2. The molecule has 6 heteroatoms. The second-order valence-corrected chi connectivity index (χ2v) is 6.25. The molecule has 5 nitrogen and oxygen atoms in total. The summed E-state index contributed by atoms with van der Waals surface area (Å²) in [5.74, 6) is -0.366. The Hall–Kier alpha value is -2.53. The normalized spacial score (nSPS) is 16.8. The van der Waals surface area contributed by atoms with E-state index in [1.165, 1.54) is 0 Å². The second-order valence-electron chi connectivity index (χ2n) is 5.81. The quantitative estimate of drug-likeness (QED) is 0.767.